The quantitative estimate of drug-likeness (QED) is 0.736. The number of nitrogens with two attached hydrogens (primary N) is 2. The van der Waals surface area contributed by atoms with E-state index in [0.717, 1.165) is 39.9 Å². The van der Waals surface area contributed by atoms with E-state index >= 15 is 0 Å². The average molecular weight is 303 g/mol. The second-order valence-electron chi connectivity index (χ2n) is 5.20. The molecule has 1 aliphatic rings. The second-order valence-corrected chi connectivity index (χ2v) is 5.20. The van der Waals surface area contributed by atoms with E-state index in [9.17, 15) is 0 Å². The topological polar surface area (TPSA) is 116 Å². The highest BCUT2D eigenvalue weighted by molar-refractivity contribution is 5.85. The Morgan fingerprint density at radius 1 is 0.696 bits per heavy atom. The maximum Gasteiger partial charge on any atom is 0.219 e. The van der Waals surface area contributed by atoms with Gasteiger partial charge in [-0.3, -0.25) is 4.98 Å². The molecule has 7 nitrogen and oxygen atoms in total. The number of hydrogen-bond acceptors (Lipinski definition) is 7. The molecular formula is C16H13N7. The maximum atomic E-state index is 5.55. The largest absolute Gasteiger partial charge is 0.368 e. The molecule has 0 atom stereocenters. The normalized spacial score (nSPS) is 12.8. The number of rotatable bonds is 2. The maximum absolute atomic E-state index is 5.55. The van der Waals surface area contributed by atoms with Crippen molar-refractivity contribution >= 4 is 17.5 Å². The van der Waals surface area contributed by atoms with Gasteiger partial charge in [-0.25, -0.2) is 19.9 Å². The number of nitrogen functional groups attached to an aromatic ring is 2. The first-order valence-corrected chi connectivity index (χ1v) is 7.06. The van der Waals surface area contributed by atoms with E-state index in [0.29, 0.717) is 0 Å². The summed E-state index contributed by atoms with van der Waals surface area (Å²) in [4.78, 5) is 20.7. The Hall–Kier alpha value is -3.35. The Kier molecular flexibility index (Phi) is 2.97. The van der Waals surface area contributed by atoms with Crippen LogP contribution < -0.4 is 11.5 Å². The number of nitrogens with zero attached hydrogens (tertiary/aromatic N) is 5. The summed E-state index contributed by atoms with van der Waals surface area (Å²) in [6.45, 7) is 0. The van der Waals surface area contributed by atoms with Crippen LogP contribution in [0.2, 0.25) is 0 Å². The highest BCUT2D eigenvalue weighted by Gasteiger charge is 2.18. The van der Waals surface area contributed by atoms with Crippen LogP contribution >= 0.6 is 0 Å². The molecule has 4 N–H and O–H groups in total. The molecule has 112 valence electrons. The predicted molar refractivity (Wildman–Crippen MR) is 86.9 cm³/mol. The zero-order chi connectivity index (χ0) is 15.8. The molecule has 0 bridgehead atoms. The van der Waals surface area contributed by atoms with E-state index in [1.54, 1.807) is 24.8 Å². The fourth-order valence-corrected chi connectivity index (χ4v) is 2.59. The number of fused-ring (bicyclic) bond motifs is 1. The van der Waals surface area contributed by atoms with Crippen LogP contribution in [0.25, 0.3) is 16.7 Å². The van der Waals surface area contributed by atoms with E-state index in [4.69, 9.17) is 11.5 Å². The van der Waals surface area contributed by atoms with Crippen LogP contribution in [-0.4, -0.2) is 24.9 Å². The summed E-state index contributed by atoms with van der Waals surface area (Å²) in [6, 6.07) is 2.08. The zero-order valence-corrected chi connectivity index (χ0v) is 12.1. The van der Waals surface area contributed by atoms with Crippen molar-refractivity contribution in [2.45, 2.75) is 6.42 Å². The fraction of sp³-hybridized carbons (Fsp3) is 0.0625. The highest BCUT2D eigenvalue weighted by Crippen LogP contribution is 2.33. The zero-order valence-electron chi connectivity index (χ0n) is 12.1. The van der Waals surface area contributed by atoms with Gasteiger partial charge in [0.25, 0.3) is 0 Å². The van der Waals surface area contributed by atoms with E-state index in [1.807, 2.05) is 6.20 Å². The van der Waals surface area contributed by atoms with Crippen molar-refractivity contribution in [1.82, 2.24) is 24.9 Å². The molecule has 3 aromatic heterocycles. The number of pyridine rings is 1. The van der Waals surface area contributed by atoms with E-state index in [1.165, 1.54) is 0 Å². The van der Waals surface area contributed by atoms with E-state index in [2.05, 4.69) is 37.1 Å². The van der Waals surface area contributed by atoms with Crippen LogP contribution in [0.15, 0.2) is 43.1 Å². The second kappa shape index (κ2) is 5.13. The van der Waals surface area contributed by atoms with Gasteiger partial charge in [-0.15, -0.1) is 0 Å². The Balaban J connectivity index is 1.76. The third-order valence-electron chi connectivity index (χ3n) is 3.75. The molecule has 4 rings (SSSR count). The smallest absolute Gasteiger partial charge is 0.219 e. The van der Waals surface area contributed by atoms with E-state index in [-0.39, 0.29) is 11.9 Å². The summed E-state index contributed by atoms with van der Waals surface area (Å²) in [5.74, 6) is 0.515. The van der Waals surface area contributed by atoms with Crippen molar-refractivity contribution in [1.29, 1.82) is 0 Å². The van der Waals surface area contributed by atoms with Crippen molar-refractivity contribution < 1.29 is 0 Å². The molecule has 23 heavy (non-hydrogen) atoms. The number of hydrogen-bond donors (Lipinski definition) is 2. The van der Waals surface area contributed by atoms with Crippen LogP contribution in [-0.2, 0) is 6.42 Å². The van der Waals surface area contributed by atoms with Crippen molar-refractivity contribution in [3.63, 3.8) is 0 Å². The van der Waals surface area contributed by atoms with Crippen LogP contribution in [0, 0.1) is 0 Å². The molecule has 0 amide bonds. The molecule has 0 aromatic carbocycles. The van der Waals surface area contributed by atoms with Crippen LogP contribution in [0.4, 0.5) is 11.9 Å². The Morgan fingerprint density at radius 2 is 1.26 bits per heavy atom. The van der Waals surface area contributed by atoms with Crippen molar-refractivity contribution in [3.8, 4) is 11.1 Å². The molecule has 0 saturated heterocycles. The molecule has 0 saturated carbocycles. The summed E-state index contributed by atoms with van der Waals surface area (Å²) in [5, 5.41) is 0. The lowest BCUT2D eigenvalue weighted by atomic mass is 10.0. The first kappa shape index (κ1) is 13.3. The van der Waals surface area contributed by atoms with Gasteiger partial charge in [-0.1, -0.05) is 6.08 Å². The van der Waals surface area contributed by atoms with E-state index < -0.39 is 0 Å². The molecule has 1 aliphatic carbocycles. The Labute approximate surface area is 132 Å². The summed E-state index contributed by atoms with van der Waals surface area (Å²) < 4.78 is 0. The van der Waals surface area contributed by atoms with Gasteiger partial charge < -0.3 is 11.5 Å². The molecule has 0 fully saturated rings. The summed E-state index contributed by atoms with van der Waals surface area (Å²) in [5.41, 5.74) is 17.0. The first-order valence-electron chi connectivity index (χ1n) is 7.06. The number of anilines is 2. The molecule has 0 aliphatic heterocycles. The lowest BCUT2D eigenvalue weighted by Crippen LogP contribution is -1.97. The molecule has 0 spiro atoms. The summed E-state index contributed by atoms with van der Waals surface area (Å²) in [6.07, 6.45) is 11.6. The van der Waals surface area contributed by atoms with Crippen molar-refractivity contribution in [3.05, 3.63) is 59.9 Å². The summed E-state index contributed by atoms with van der Waals surface area (Å²) >= 11 is 0. The molecule has 3 aromatic rings. The van der Waals surface area contributed by atoms with Gasteiger partial charge in [0.1, 0.15) is 0 Å². The minimum Gasteiger partial charge on any atom is -0.368 e. The average Bonchev–Trinajstić information content (AvgIpc) is 2.99. The minimum atomic E-state index is 0.252. The van der Waals surface area contributed by atoms with Crippen molar-refractivity contribution in [2.24, 2.45) is 0 Å². The molecule has 7 heteroatoms. The fourth-order valence-electron chi connectivity index (χ4n) is 2.59. The predicted octanol–water partition coefficient (Wildman–Crippen LogP) is 1.48. The number of allylic oxidation sites excluding steroid dienone is 1. The highest BCUT2D eigenvalue weighted by atomic mass is 15.0. The van der Waals surface area contributed by atoms with Crippen LogP contribution in [0.5, 0.6) is 0 Å². The third kappa shape index (κ3) is 2.38. The minimum absolute atomic E-state index is 0.252. The Morgan fingerprint density at radius 3 is 1.91 bits per heavy atom. The van der Waals surface area contributed by atoms with Crippen molar-refractivity contribution in [2.75, 3.05) is 11.5 Å². The molecule has 0 radical (unpaired) electrons. The third-order valence-corrected chi connectivity index (χ3v) is 3.75. The molecule has 3 heterocycles. The van der Waals surface area contributed by atoms with Gasteiger partial charge in [0.15, 0.2) is 0 Å². The van der Waals surface area contributed by atoms with Crippen LogP contribution in [0.1, 0.15) is 16.8 Å². The SMILES string of the molecule is Nc1ncc(C2=CCc3ncc(-c4cnc(N)nc4)cc32)cn1. The van der Waals surface area contributed by atoms with Gasteiger partial charge in [0.2, 0.25) is 11.9 Å². The Bertz CT molecular complexity index is 899. The molecule has 0 unspecified atom stereocenters. The first-order chi connectivity index (χ1) is 11.2. The van der Waals surface area contributed by atoms with Gasteiger partial charge in [-0.05, 0) is 11.6 Å². The summed E-state index contributed by atoms with van der Waals surface area (Å²) in [7, 11) is 0. The van der Waals surface area contributed by atoms with Crippen LogP contribution in [0.3, 0.4) is 0 Å². The van der Waals surface area contributed by atoms with Gasteiger partial charge in [-0.2, -0.15) is 0 Å². The van der Waals surface area contributed by atoms with Gasteiger partial charge in [0, 0.05) is 59.7 Å². The molecular weight excluding hydrogens is 290 g/mol. The monoisotopic (exact) mass is 303 g/mol. The number of aromatic nitrogens is 5. The lowest BCUT2D eigenvalue weighted by Gasteiger charge is -2.08. The lowest BCUT2D eigenvalue weighted by molar-refractivity contribution is 1.12. The van der Waals surface area contributed by atoms with Gasteiger partial charge in [0.05, 0.1) is 5.69 Å². The van der Waals surface area contributed by atoms with Gasteiger partial charge >= 0.3 is 0 Å². The standard InChI is InChI=1S/C16H13N7/c17-15-20-5-10(6-21-15)9-3-13-12(1-2-14(13)19-4-9)11-7-22-16(18)23-8-11/h1,3-8H,2H2,(H2,17,20,21)(H2,18,22,23).